The van der Waals surface area contributed by atoms with Gasteiger partial charge in [-0.15, -0.1) is 0 Å². The molecule has 28 heavy (non-hydrogen) atoms. The lowest BCUT2D eigenvalue weighted by Gasteiger charge is -2.18. The molecule has 4 rings (SSSR count). The Balaban J connectivity index is 1.86. The zero-order valence-corrected chi connectivity index (χ0v) is 15.0. The minimum absolute atomic E-state index is 0.0463. The Morgan fingerprint density at radius 2 is 1.46 bits per heavy atom. The monoisotopic (exact) mass is 370 g/mol. The van der Waals surface area contributed by atoms with Gasteiger partial charge in [0.05, 0.1) is 10.9 Å². The number of aromatic hydroxyl groups is 1. The molecule has 0 saturated heterocycles. The summed E-state index contributed by atoms with van der Waals surface area (Å²) < 4.78 is 5.44. The van der Waals surface area contributed by atoms with E-state index in [9.17, 15) is 14.7 Å². The van der Waals surface area contributed by atoms with E-state index in [1.165, 1.54) is 0 Å². The number of rotatable bonds is 5. The van der Waals surface area contributed by atoms with Gasteiger partial charge in [0.1, 0.15) is 11.3 Å². The van der Waals surface area contributed by atoms with Crippen LogP contribution in [0.2, 0.25) is 0 Å². The second kappa shape index (κ2) is 7.53. The van der Waals surface area contributed by atoms with Gasteiger partial charge in [0.15, 0.2) is 5.78 Å². The minimum atomic E-state index is -0.633. The molecule has 4 heteroatoms. The van der Waals surface area contributed by atoms with E-state index in [0.29, 0.717) is 16.5 Å². The van der Waals surface area contributed by atoms with Crippen LogP contribution in [0.3, 0.4) is 0 Å². The molecule has 4 nitrogen and oxygen atoms in total. The zero-order valence-electron chi connectivity index (χ0n) is 15.0. The summed E-state index contributed by atoms with van der Waals surface area (Å²) in [6.07, 6.45) is 0.0463. The van der Waals surface area contributed by atoms with Gasteiger partial charge in [-0.3, -0.25) is 4.79 Å². The maximum Gasteiger partial charge on any atom is 0.343 e. The summed E-state index contributed by atoms with van der Waals surface area (Å²) in [6, 6.07) is 25.0. The summed E-state index contributed by atoms with van der Waals surface area (Å²) >= 11 is 0. The van der Waals surface area contributed by atoms with Crippen LogP contribution in [0.5, 0.6) is 5.75 Å². The van der Waals surface area contributed by atoms with Gasteiger partial charge in [0, 0.05) is 17.9 Å². The highest BCUT2D eigenvalue weighted by atomic mass is 16.4. The first kappa shape index (κ1) is 17.7. The lowest BCUT2D eigenvalue weighted by Crippen LogP contribution is -2.17. The first-order valence-electron chi connectivity index (χ1n) is 9.03. The smallest absolute Gasteiger partial charge is 0.343 e. The van der Waals surface area contributed by atoms with Crippen LogP contribution >= 0.6 is 0 Å². The number of benzene rings is 3. The van der Waals surface area contributed by atoms with E-state index in [2.05, 4.69) is 0 Å². The maximum absolute atomic E-state index is 12.9. The molecule has 4 aromatic rings. The van der Waals surface area contributed by atoms with Gasteiger partial charge in [-0.05, 0) is 17.7 Å². The van der Waals surface area contributed by atoms with E-state index in [1.807, 2.05) is 36.4 Å². The predicted octanol–water partition coefficient (Wildman–Crippen LogP) is 4.90. The SMILES string of the molecule is O=C(C[C@H](c1ccccc1)c1c(O)c2ccccc2oc1=O)c1ccccc1. The normalized spacial score (nSPS) is 12.0. The van der Waals surface area contributed by atoms with Crippen molar-refractivity contribution in [2.24, 2.45) is 0 Å². The highest BCUT2D eigenvalue weighted by Crippen LogP contribution is 2.36. The molecule has 0 amide bonds. The summed E-state index contributed by atoms with van der Waals surface area (Å²) in [4.78, 5) is 25.6. The molecule has 0 radical (unpaired) electrons. The summed E-state index contributed by atoms with van der Waals surface area (Å²) in [7, 11) is 0. The van der Waals surface area contributed by atoms with E-state index in [0.717, 1.165) is 5.56 Å². The minimum Gasteiger partial charge on any atom is -0.507 e. The quantitative estimate of drug-likeness (QED) is 0.401. The van der Waals surface area contributed by atoms with Crippen LogP contribution in [-0.2, 0) is 0 Å². The second-order valence-electron chi connectivity index (χ2n) is 6.60. The maximum atomic E-state index is 12.9. The van der Waals surface area contributed by atoms with E-state index in [1.54, 1.807) is 48.5 Å². The van der Waals surface area contributed by atoms with Crippen molar-refractivity contribution in [3.63, 3.8) is 0 Å². The van der Waals surface area contributed by atoms with Crippen LogP contribution in [0.4, 0.5) is 0 Å². The van der Waals surface area contributed by atoms with Crippen LogP contribution in [0.15, 0.2) is 94.1 Å². The Labute approximate surface area is 161 Å². The Bertz CT molecular complexity index is 1180. The average molecular weight is 370 g/mol. The van der Waals surface area contributed by atoms with Crippen LogP contribution in [0.25, 0.3) is 11.0 Å². The van der Waals surface area contributed by atoms with Gasteiger partial charge < -0.3 is 9.52 Å². The van der Waals surface area contributed by atoms with Gasteiger partial charge >= 0.3 is 5.63 Å². The molecule has 0 spiro atoms. The fourth-order valence-electron chi connectivity index (χ4n) is 3.45. The van der Waals surface area contributed by atoms with Crippen molar-refractivity contribution in [3.8, 4) is 5.75 Å². The molecule has 0 unspecified atom stereocenters. The summed E-state index contributed by atoms with van der Waals surface area (Å²) in [5.41, 5.74) is 1.12. The molecule has 1 atom stereocenters. The molecule has 0 aliphatic rings. The first-order chi connectivity index (χ1) is 13.6. The topological polar surface area (TPSA) is 67.5 Å². The highest BCUT2D eigenvalue weighted by molar-refractivity contribution is 5.97. The van der Waals surface area contributed by atoms with Crippen molar-refractivity contribution in [1.29, 1.82) is 0 Å². The molecule has 138 valence electrons. The molecule has 1 N–H and O–H groups in total. The zero-order chi connectivity index (χ0) is 19.5. The third-order valence-electron chi connectivity index (χ3n) is 4.86. The summed E-state index contributed by atoms with van der Waals surface area (Å²) in [6.45, 7) is 0. The molecular weight excluding hydrogens is 352 g/mol. The molecule has 3 aromatic carbocycles. The lowest BCUT2D eigenvalue weighted by molar-refractivity contribution is 0.0977. The van der Waals surface area contributed by atoms with Crippen LogP contribution in [-0.4, -0.2) is 10.9 Å². The fraction of sp³-hybridized carbons (Fsp3) is 0.0833. The number of hydrogen-bond donors (Lipinski definition) is 1. The van der Waals surface area contributed by atoms with E-state index in [-0.39, 0.29) is 23.5 Å². The number of hydrogen-bond acceptors (Lipinski definition) is 4. The molecule has 0 aliphatic carbocycles. The van der Waals surface area contributed by atoms with E-state index < -0.39 is 11.5 Å². The summed E-state index contributed by atoms with van der Waals surface area (Å²) in [5, 5.41) is 11.3. The largest absolute Gasteiger partial charge is 0.507 e. The van der Waals surface area contributed by atoms with Gasteiger partial charge in [-0.2, -0.15) is 0 Å². The fourth-order valence-corrected chi connectivity index (χ4v) is 3.45. The average Bonchev–Trinajstić information content (AvgIpc) is 2.74. The number of carbonyl (C=O) groups excluding carboxylic acids is 1. The molecule has 0 bridgehead atoms. The van der Waals surface area contributed by atoms with Crippen molar-refractivity contribution in [2.75, 3.05) is 0 Å². The lowest BCUT2D eigenvalue weighted by atomic mass is 9.85. The number of carbonyl (C=O) groups is 1. The summed E-state index contributed by atoms with van der Waals surface area (Å²) in [5.74, 6) is -0.863. The van der Waals surface area contributed by atoms with Crippen LogP contribution in [0, 0.1) is 0 Å². The molecule has 0 fully saturated rings. The van der Waals surface area contributed by atoms with Crippen molar-refractivity contribution in [1.82, 2.24) is 0 Å². The Hall–Kier alpha value is -3.66. The van der Waals surface area contributed by atoms with Crippen molar-refractivity contribution in [2.45, 2.75) is 12.3 Å². The Morgan fingerprint density at radius 3 is 2.18 bits per heavy atom. The van der Waals surface area contributed by atoms with Gasteiger partial charge in [-0.25, -0.2) is 4.79 Å². The van der Waals surface area contributed by atoms with Gasteiger partial charge in [0.25, 0.3) is 0 Å². The first-order valence-corrected chi connectivity index (χ1v) is 9.03. The van der Waals surface area contributed by atoms with Crippen molar-refractivity contribution >= 4 is 16.8 Å². The molecule has 0 saturated carbocycles. The highest BCUT2D eigenvalue weighted by Gasteiger charge is 2.27. The molecule has 0 aliphatic heterocycles. The van der Waals surface area contributed by atoms with E-state index >= 15 is 0 Å². The molecule has 1 aromatic heterocycles. The molecular formula is C24H18O4. The van der Waals surface area contributed by atoms with E-state index in [4.69, 9.17) is 4.42 Å². The third-order valence-corrected chi connectivity index (χ3v) is 4.86. The Kier molecular flexibility index (Phi) is 4.77. The van der Waals surface area contributed by atoms with Gasteiger partial charge in [-0.1, -0.05) is 72.8 Å². The number of ketones is 1. The number of Topliss-reactive ketones (excluding diaryl/α,β-unsaturated/α-hetero) is 1. The third kappa shape index (κ3) is 3.32. The van der Waals surface area contributed by atoms with Crippen molar-refractivity contribution < 1.29 is 14.3 Å². The second-order valence-corrected chi connectivity index (χ2v) is 6.60. The van der Waals surface area contributed by atoms with Crippen LogP contribution in [0.1, 0.15) is 33.8 Å². The van der Waals surface area contributed by atoms with Gasteiger partial charge in [0.2, 0.25) is 0 Å². The molecule has 1 heterocycles. The van der Waals surface area contributed by atoms with Crippen molar-refractivity contribution in [3.05, 3.63) is 112 Å². The number of para-hydroxylation sites is 1. The predicted molar refractivity (Wildman–Crippen MR) is 108 cm³/mol. The standard InChI is InChI=1S/C24H18O4/c25-20(17-11-5-2-6-12-17)15-19(16-9-3-1-4-10-16)22-23(26)18-13-7-8-14-21(18)28-24(22)27/h1-14,19,26H,15H2/t19-/m1/s1. The van der Waals surface area contributed by atoms with Crippen LogP contribution < -0.4 is 5.63 Å². The number of fused-ring (bicyclic) bond motifs is 1. The Morgan fingerprint density at radius 1 is 0.857 bits per heavy atom.